The molecular weight excluding hydrogens is 280 g/mol. The van der Waals surface area contributed by atoms with E-state index >= 15 is 0 Å². The van der Waals surface area contributed by atoms with Crippen LogP contribution in [0, 0.1) is 5.82 Å². The summed E-state index contributed by atoms with van der Waals surface area (Å²) in [5, 5.41) is 0. The zero-order valence-corrected chi connectivity index (χ0v) is 10.4. The van der Waals surface area contributed by atoms with Gasteiger partial charge in [0.25, 0.3) is 0 Å². The summed E-state index contributed by atoms with van der Waals surface area (Å²) < 4.78 is 57.0. The Bertz CT molecular complexity index is 649. The second-order valence-corrected chi connectivity index (χ2v) is 4.04. The van der Waals surface area contributed by atoms with Crippen molar-refractivity contribution in [2.45, 2.75) is 19.1 Å². The number of esters is 1. The van der Waals surface area contributed by atoms with Crippen LogP contribution in [0.15, 0.2) is 18.2 Å². The summed E-state index contributed by atoms with van der Waals surface area (Å²) in [5.41, 5.74) is 0.00446. The molecule has 108 valence electrons. The third-order valence-corrected chi connectivity index (χ3v) is 2.73. The minimum absolute atomic E-state index is 0.109. The number of nitrogens with zero attached hydrogens (tertiary/aromatic N) is 2. The highest BCUT2D eigenvalue weighted by Crippen LogP contribution is 2.31. The van der Waals surface area contributed by atoms with E-state index in [0.29, 0.717) is 0 Å². The van der Waals surface area contributed by atoms with Crippen molar-refractivity contribution < 1.29 is 27.1 Å². The fourth-order valence-electron chi connectivity index (χ4n) is 1.85. The molecule has 1 aromatic heterocycles. The summed E-state index contributed by atoms with van der Waals surface area (Å²) in [6.07, 6.45) is -4.92. The van der Waals surface area contributed by atoms with Gasteiger partial charge in [-0.25, -0.2) is 9.37 Å². The lowest BCUT2D eigenvalue weighted by atomic mass is 10.3. The van der Waals surface area contributed by atoms with Crippen LogP contribution in [0.5, 0.6) is 0 Å². The van der Waals surface area contributed by atoms with E-state index in [1.54, 1.807) is 0 Å². The normalized spacial score (nSPS) is 11.8. The highest BCUT2D eigenvalue weighted by Gasteiger charge is 2.37. The third kappa shape index (κ3) is 2.73. The summed E-state index contributed by atoms with van der Waals surface area (Å²) in [7, 11) is 1.15. The first kappa shape index (κ1) is 14.3. The number of rotatable bonds is 3. The SMILES string of the molecule is COC(=O)CCn1c(C(F)(F)F)nc2cc(F)ccc21. The van der Waals surface area contributed by atoms with E-state index in [1.165, 1.54) is 6.07 Å². The molecule has 2 rings (SSSR count). The number of carbonyl (C=O) groups excluding carboxylic acids is 1. The predicted octanol–water partition coefficient (Wildman–Crippen LogP) is 2.76. The number of methoxy groups -OCH3 is 1. The quantitative estimate of drug-likeness (QED) is 0.645. The van der Waals surface area contributed by atoms with E-state index in [1.807, 2.05) is 0 Å². The molecule has 20 heavy (non-hydrogen) atoms. The van der Waals surface area contributed by atoms with E-state index in [2.05, 4.69) is 9.72 Å². The largest absolute Gasteiger partial charge is 0.469 e. The molecule has 0 unspecified atom stereocenters. The second-order valence-electron chi connectivity index (χ2n) is 4.04. The van der Waals surface area contributed by atoms with Crippen molar-refractivity contribution in [1.29, 1.82) is 0 Å². The lowest BCUT2D eigenvalue weighted by molar-refractivity contribution is -0.148. The van der Waals surface area contributed by atoms with Gasteiger partial charge in [-0.15, -0.1) is 0 Å². The highest BCUT2D eigenvalue weighted by molar-refractivity contribution is 5.76. The van der Waals surface area contributed by atoms with Crippen molar-refractivity contribution in [3.05, 3.63) is 29.8 Å². The van der Waals surface area contributed by atoms with Gasteiger partial charge in [0.2, 0.25) is 5.82 Å². The summed E-state index contributed by atoms with van der Waals surface area (Å²) in [6, 6.07) is 3.15. The number of aromatic nitrogens is 2. The molecule has 0 fully saturated rings. The molecule has 0 aliphatic carbocycles. The first-order valence-corrected chi connectivity index (χ1v) is 5.62. The van der Waals surface area contributed by atoms with Gasteiger partial charge in [0.05, 0.1) is 24.6 Å². The Balaban J connectivity index is 2.50. The van der Waals surface area contributed by atoms with Gasteiger partial charge in [-0.2, -0.15) is 13.2 Å². The fourth-order valence-corrected chi connectivity index (χ4v) is 1.85. The Morgan fingerprint density at radius 1 is 1.40 bits per heavy atom. The lowest BCUT2D eigenvalue weighted by Gasteiger charge is -2.10. The van der Waals surface area contributed by atoms with Crippen LogP contribution >= 0.6 is 0 Å². The third-order valence-electron chi connectivity index (χ3n) is 2.73. The van der Waals surface area contributed by atoms with Crippen LogP contribution in [0.2, 0.25) is 0 Å². The van der Waals surface area contributed by atoms with Crippen molar-refractivity contribution in [3.63, 3.8) is 0 Å². The molecule has 4 nitrogen and oxygen atoms in total. The first-order valence-electron chi connectivity index (χ1n) is 5.62. The maximum atomic E-state index is 13.0. The smallest absolute Gasteiger partial charge is 0.449 e. The minimum atomic E-state index is -4.69. The van der Waals surface area contributed by atoms with E-state index in [9.17, 15) is 22.4 Å². The lowest BCUT2D eigenvalue weighted by Crippen LogP contribution is -2.17. The highest BCUT2D eigenvalue weighted by atomic mass is 19.4. The molecule has 0 spiro atoms. The topological polar surface area (TPSA) is 44.1 Å². The number of imidazole rings is 1. The van der Waals surface area contributed by atoms with Crippen molar-refractivity contribution >= 4 is 17.0 Å². The molecule has 0 radical (unpaired) electrons. The van der Waals surface area contributed by atoms with Gasteiger partial charge in [-0.1, -0.05) is 0 Å². The molecule has 2 aromatic rings. The second kappa shape index (κ2) is 5.10. The Morgan fingerprint density at radius 3 is 2.70 bits per heavy atom. The van der Waals surface area contributed by atoms with Crippen molar-refractivity contribution in [3.8, 4) is 0 Å². The number of hydrogen-bond donors (Lipinski definition) is 0. The van der Waals surface area contributed by atoms with Gasteiger partial charge in [0.1, 0.15) is 5.82 Å². The molecule has 0 amide bonds. The Morgan fingerprint density at radius 2 is 2.10 bits per heavy atom. The van der Waals surface area contributed by atoms with Gasteiger partial charge in [-0.3, -0.25) is 4.79 Å². The van der Waals surface area contributed by atoms with Gasteiger partial charge < -0.3 is 9.30 Å². The molecule has 0 aliphatic heterocycles. The summed E-state index contributed by atoms with van der Waals surface area (Å²) in [5.74, 6) is -2.48. The number of halogens is 4. The van der Waals surface area contributed by atoms with Gasteiger partial charge >= 0.3 is 12.1 Å². The standard InChI is InChI=1S/C12H10F4N2O2/c1-20-10(19)4-5-18-9-3-2-7(13)6-8(9)17-11(18)12(14,15)16/h2-3,6H,4-5H2,1H3. The van der Waals surface area contributed by atoms with E-state index in [0.717, 1.165) is 23.8 Å². The van der Waals surface area contributed by atoms with Crippen LogP contribution < -0.4 is 0 Å². The number of benzene rings is 1. The number of hydrogen-bond acceptors (Lipinski definition) is 3. The molecular formula is C12H10F4N2O2. The zero-order chi connectivity index (χ0) is 14.9. The predicted molar refractivity (Wildman–Crippen MR) is 61.3 cm³/mol. The summed E-state index contributed by atoms with van der Waals surface area (Å²) in [4.78, 5) is 14.5. The number of aryl methyl sites for hydroxylation is 1. The summed E-state index contributed by atoms with van der Waals surface area (Å²) >= 11 is 0. The number of carbonyl (C=O) groups is 1. The molecule has 0 atom stereocenters. The molecule has 0 saturated carbocycles. The monoisotopic (exact) mass is 290 g/mol. The van der Waals surface area contributed by atoms with Gasteiger partial charge in [-0.05, 0) is 12.1 Å². The molecule has 0 bridgehead atoms. The van der Waals surface area contributed by atoms with Crippen molar-refractivity contribution in [1.82, 2.24) is 9.55 Å². The Kier molecular flexibility index (Phi) is 3.65. The minimum Gasteiger partial charge on any atom is -0.469 e. The Labute approximate surface area is 111 Å². The average molecular weight is 290 g/mol. The average Bonchev–Trinajstić information content (AvgIpc) is 2.73. The first-order chi connectivity index (χ1) is 9.32. The molecule has 8 heteroatoms. The van der Waals surface area contributed by atoms with Crippen molar-refractivity contribution in [2.75, 3.05) is 7.11 Å². The fraction of sp³-hybridized carbons (Fsp3) is 0.333. The molecule has 0 aliphatic rings. The van der Waals surface area contributed by atoms with Crippen LogP contribution in [-0.4, -0.2) is 22.6 Å². The molecule has 0 saturated heterocycles. The van der Waals surface area contributed by atoms with E-state index in [-0.39, 0.29) is 24.0 Å². The van der Waals surface area contributed by atoms with Crippen LogP contribution in [0.1, 0.15) is 12.2 Å². The Hall–Kier alpha value is -2.12. The number of fused-ring (bicyclic) bond motifs is 1. The van der Waals surface area contributed by atoms with Crippen LogP contribution in [-0.2, 0) is 22.3 Å². The number of alkyl halides is 3. The van der Waals surface area contributed by atoms with Gasteiger partial charge in [0.15, 0.2) is 0 Å². The van der Waals surface area contributed by atoms with E-state index < -0.39 is 23.8 Å². The maximum Gasteiger partial charge on any atom is 0.449 e. The molecule has 1 aromatic carbocycles. The van der Waals surface area contributed by atoms with Crippen LogP contribution in [0.3, 0.4) is 0 Å². The van der Waals surface area contributed by atoms with E-state index in [4.69, 9.17) is 0 Å². The van der Waals surface area contributed by atoms with Crippen molar-refractivity contribution in [2.24, 2.45) is 0 Å². The zero-order valence-electron chi connectivity index (χ0n) is 10.4. The molecule has 0 N–H and O–H groups in total. The maximum absolute atomic E-state index is 13.0. The molecule has 1 heterocycles. The number of ether oxygens (including phenoxy) is 1. The van der Waals surface area contributed by atoms with Crippen LogP contribution in [0.25, 0.3) is 11.0 Å². The van der Waals surface area contributed by atoms with Gasteiger partial charge in [0, 0.05) is 12.6 Å². The summed E-state index contributed by atoms with van der Waals surface area (Å²) in [6.45, 7) is -0.246. The van der Waals surface area contributed by atoms with Crippen LogP contribution in [0.4, 0.5) is 17.6 Å².